The highest BCUT2D eigenvalue weighted by Gasteiger charge is 2.07. The zero-order chi connectivity index (χ0) is 15.4. The average molecular weight is 289 g/mol. The predicted octanol–water partition coefficient (Wildman–Crippen LogP) is 3.70. The summed E-state index contributed by atoms with van der Waals surface area (Å²) in [6, 6.07) is 15.0. The number of hydrogen-bond donors (Lipinski definition) is 1. The van der Waals surface area contributed by atoms with Crippen molar-refractivity contribution in [1.82, 2.24) is 9.97 Å². The molecule has 0 bridgehead atoms. The molecule has 108 valence electrons. The van der Waals surface area contributed by atoms with Crippen LogP contribution in [0, 0.1) is 6.92 Å². The molecule has 4 nitrogen and oxygen atoms in total. The van der Waals surface area contributed by atoms with Gasteiger partial charge in [0.05, 0.1) is 0 Å². The third-order valence-electron chi connectivity index (χ3n) is 3.29. The molecule has 22 heavy (non-hydrogen) atoms. The van der Waals surface area contributed by atoms with E-state index in [1.807, 2.05) is 37.3 Å². The van der Waals surface area contributed by atoms with E-state index in [9.17, 15) is 4.79 Å². The van der Waals surface area contributed by atoms with Gasteiger partial charge in [0.15, 0.2) is 0 Å². The second-order valence-corrected chi connectivity index (χ2v) is 4.99. The smallest absolute Gasteiger partial charge is 0.256 e. The Hall–Kier alpha value is -3.01. The quantitative estimate of drug-likeness (QED) is 0.799. The number of amides is 1. The molecule has 0 radical (unpaired) electrons. The number of rotatable bonds is 3. The van der Waals surface area contributed by atoms with E-state index in [1.54, 1.807) is 36.8 Å². The number of hydrogen-bond acceptors (Lipinski definition) is 3. The molecule has 0 spiro atoms. The fourth-order valence-electron chi connectivity index (χ4n) is 2.08. The largest absolute Gasteiger partial charge is 0.307 e. The highest BCUT2D eigenvalue weighted by Crippen LogP contribution is 2.18. The molecule has 3 rings (SSSR count). The lowest BCUT2D eigenvalue weighted by molar-refractivity contribution is 0.102. The van der Waals surface area contributed by atoms with E-state index < -0.39 is 0 Å². The second kappa shape index (κ2) is 6.18. The van der Waals surface area contributed by atoms with E-state index in [-0.39, 0.29) is 5.91 Å². The minimum Gasteiger partial charge on any atom is -0.307 e. The highest BCUT2D eigenvalue weighted by molar-refractivity contribution is 6.04. The molecule has 0 atom stereocenters. The molecular formula is C18H15N3O. The summed E-state index contributed by atoms with van der Waals surface area (Å²) < 4.78 is 0. The van der Waals surface area contributed by atoms with Crippen LogP contribution in [-0.4, -0.2) is 15.9 Å². The number of aromatic nitrogens is 2. The Morgan fingerprint density at radius 3 is 2.41 bits per heavy atom. The van der Waals surface area contributed by atoms with Gasteiger partial charge in [-0.2, -0.15) is 0 Å². The predicted molar refractivity (Wildman–Crippen MR) is 86.6 cm³/mol. The first kappa shape index (κ1) is 13.9. The van der Waals surface area contributed by atoms with Crippen molar-refractivity contribution in [2.45, 2.75) is 6.92 Å². The Labute approximate surface area is 128 Å². The van der Waals surface area contributed by atoms with E-state index in [4.69, 9.17) is 0 Å². The number of benzene rings is 1. The van der Waals surface area contributed by atoms with Gasteiger partial charge in [-0.25, -0.2) is 4.98 Å². The number of nitrogens with zero attached hydrogens (tertiary/aromatic N) is 2. The summed E-state index contributed by atoms with van der Waals surface area (Å²) in [5, 5.41) is 2.78. The summed E-state index contributed by atoms with van der Waals surface area (Å²) in [6.07, 6.45) is 5.26. The third kappa shape index (κ3) is 3.17. The maximum atomic E-state index is 12.2. The van der Waals surface area contributed by atoms with Crippen LogP contribution in [0.3, 0.4) is 0 Å². The molecule has 0 saturated heterocycles. The van der Waals surface area contributed by atoms with Crippen LogP contribution in [0.5, 0.6) is 0 Å². The van der Waals surface area contributed by atoms with Crippen molar-refractivity contribution in [1.29, 1.82) is 0 Å². The van der Waals surface area contributed by atoms with Gasteiger partial charge in [0.1, 0.15) is 5.82 Å². The Kier molecular flexibility index (Phi) is 3.92. The van der Waals surface area contributed by atoms with Crippen LogP contribution in [-0.2, 0) is 0 Å². The molecule has 4 heteroatoms. The van der Waals surface area contributed by atoms with E-state index in [1.165, 1.54) is 0 Å². The molecule has 0 saturated carbocycles. The summed E-state index contributed by atoms with van der Waals surface area (Å²) in [4.78, 5) is 20.4. The third-order valence-corrected chi connectivity index (χ3v) is 3.29. The lowest BCUT2D eigenvalue weighted by Gasteiger charge is -2.06. The number of aryl methyl sites for hydroxylation is 1. The Balaban J connectivity index is 1.75. The molecule has 2 aromatic heterocycles. The Morgan fingerprint density at radius 1 is 0.955 bits per heavy atom. The van der Waals surface area contributed by atoms with Crippen molar-refractivity contribution < 1.29 is 4.79 Å². The normalized spacial score (nSPS) is 10.2. The first-order valence-corrected chi connectivity index (χ1v) is 6.97. The van der Waals surface area contributed by atoms with Gasteiger partial charge in [-0.1, -0.05) is 24.3 Å². The van der Waals surface area contributed by atoms with Crippen molar-refractivity contribution in [2.24, 2.45) is 0 Å². The summed E-state index contributed by atoms with van der Waals surface area (Å²) in [5.41, 5.74) is 3.70. The van der Waals surface area contributed by atoms with Gasteiger partial charge in [-0.15, -0.1) is 0 Å². The fraction of sp³-hybridized carbons (Fsp3) is 0.0556. The van der Waals surface area contributed by atoms with Crippen LogP contribution in [0.4, 0.5) is 5.82 Å². The summed E-state index contributed by atoms with van der Waals surface area (Å²) >= 11 is 0. The molecule has 1 aromatic carbocycles. The van der Waals surface area contributed by atoms with Crippen LogP contribution in [0.25, 0.3) is 11.1 Å². The molecule has 1 N–H and O–H groups in total. The van der Waals surface area contributed by atoms with E-state index in [2.05, 4.69) is 15.3 Å². The fourth-order valence-corrected chi connectivity index (χ4v) is 2.08. The molecule has 2 heterocycles. The molecule has 0 aliphatic rings. The minimum atomic E-state index is -0.172. The second-order valence-electron chi connectivity index (χ2n) is 4.99. The standard InChI is InChI=1S/C18H15N3O/c1-13-4-9-17(20-11-13)21-18(22)15-7-5-14(6-8-15)16-3-2-10-19-12-16/h2-12H,1H3,(H,20,21,22). The highest BCUT2D eigenvalue weighted by atomic mass is 16.1. The molecular weight excluding hydrogens is 274 g/mol. The van der Waals surface area contributed by atoms with E-state index in [0.717, 1.165) is 16.7 Å². The van der Waals surface area contributed by atoms with Crippen LogP contribution >= 0.6 is 0 Å². The molecule has 0 aliphatic carbocycles. The van der Waals surface area contributed by atoms with Gasteiger partial charge in [0.2, 0.25) is 0 Å². The first-order chi connectivity index (χ1) is 10.7. The number of nitrogens with one attached hydrogen (secondary N) is 1. The molecule has 3 aromatic rings. The molecule has 1 amide bonds. The summed E-state index contributed by atoms with van der Waals surface area (Å²) in [5.74, 6) is 0.376. The van der Waals surface area contributed by atoms with Gasteiger partial charge in [-0.3, -0.25) is 9.78 Å². The minimum absolute atomic E-state index is 0.172. The average Bonchev–Trinajstić information content (AvgIpc) is 2.58. The topological polar surface area (TPSA) is 54.9 Å². The lowest BCUT2D eigenvalue weighted by Crippen LogP contribution is -2.12. The van der Waals surface area contributed by atoms with E-state index in [0.29, 0.717) is 11.4 Å². The van der Waals surface area contributed by atoms with Crippen molar-refractivity contribution in [3.8, 4) is 11.1 Å². The monoisotopic (exact) mass is 289 g/mol. The Morgan fingerprint density at radius 2 is 1.77 bits per heavy atom. The van der Waals surface area contributed by atoms with Gasteiger partial charge in [0, 0.05) is 24.2 Å². The van der Waals surface area contributed by atoms with Crippen LogP contribution in [0.1, 0.15) is 15.9 Å². The Bertz CT molecular complexity index is 766. The first-order valence-electron chi connectivity index (χ1n) is 6.97. The van der Waals surface area contributed by atoms with Crippen molar-refractivity contribution in [2.75, 3.05) is 5.32 Å². The summed E-state index contributed by atoms with van der Waals surface area (Å²) in [6.45, 7) is 1.95. The molecule has 0 fully saturated rings. The molecule has 0 unspecified atom stereocenters. The number of carbonyl (C=O) groups excluding carboxylic acids is 1. The van der Waals surface area contributed by atoms with Gasteiger partial charge in [0.25, 0.3) is 5.91 Å². The van der Waals surface area contributed by atoms with Gasteiger partial charge in [-0.05, 0) is 47.9 Å². The van der Waals surface area contributed by atoms with Crippen LogP contribution in [0.15, 0.2) is 67.1 Å². The summed E-state index contributed by atoms with van der Waals surface area (Å²) in [7, 11) is 0. The maximum absolute atomic E-state index is 12.2. The number of carbonyl (C=O) groups is 1. The van der Waals surface area contributed by atoms with Crippen LogP contribution in [0.2, 0.25) is 0 Å². The van der Waals surface area contributed by atoms with Crippen molar-refractivity contribution >= 4 is 11.7 Å². The van der Waals surface area contributed by atoms with Crippen molar-refractivity contribution in [3.63, 3.8) is 0 Å². The lowest BCUT2D eigenvalue weighted by atomic mass is 10.1. The SMILES string of the molecule is Cc1ccc(NC(=O)c2ccc(-c3cccnc3)cc2)nc1. The van der Waals surface area contributed by atoms with E-state index >= 15 is 0 Å². The van der Waals surface area contributed by atoms with Gasteiger partial charge >= 0.3 is 0 Å². The maximum Gasteiger partial charge on any atom is 0.256 e. The van der Waals surface area contributed by atoms with Crippen LogP contribution < -0.4 is 5.32 Å². The van der Waals surface area contributed by atoms with Gasteiger partial charge < -0.3 is 5.32 Å². The van der Waals surface area contributed by atoms with Crippen molar-refractivity contribution in [3.05, 3.63) is 78.2 Å². The zero-order valence-electron chi connectivity index (χ0n) is 12.2. The zero-order valence-corrected chi connectivity index (χ0v) is 12.2. The number of pyridine rings is 2. The number of anilines is 1. The molecule has 0 aliphatic heterocycles.